The highest BCUT2D eigenvalue weighted by molar-refractivity contribution is 7.09. The zero-order valence-corrected chi connectivity index (χ0v) is 9.04. The van der Waals surface area contributed by atoms with Gasteiger partial charge in [-0.05, 0) is 6.92 Å². The van der Waals surface area contributed by atoms with E-state index in [4.69, 9.17) is 0 Å². The Morgan fingerprint density at radius 1 is 1.64 bits per heavy atom. The van der Waals surface area contributed by atoms with Crippen molar-refractivity contribution < 1.29 is 0 Å². The van der Waals surface area contributed by atoms with Crippen molar-refractivity contribution in [2.75, 3.05) is 5.32 Å². The number of anilines is 1. The van der Waals surface area contributed by atoms with Crippen LogP contribution in [0.5, 0.6) is 0 Å². The van der Waals surface area contributed by atoms with E-state index in [0.717, 1.165) is 28.0 Å². The Bertz CT molecular complexity index is 472. The minimum absolute atomic E-state index is 0.0322. The molecule has 7 heteroatoms. The molecule has 74 valence electrons. The molecule has 2 heterocycles. The maximum absolute atomic E-state index is 10.8. The van der Waals surface area contributed by atoms with Gasteiger partial charge < -0.3 is 10.3 Å². The first-order chi connectivity index (χ1) is 6.74. The van der Waals surface area contributed by atoms with Gasteiger partial charge in [-0.25, -0.2) is 4.98 Å². The van der Waals surface area contributed by atoms with Crippen molar-refractivity contribution in [3.63, 3.8) is 0 Å². The number of aromatic amines is 1. The molecule has 0 amide bonds. The molecule has 0 radical (unpaired) electrons. The molecule has 5 nitrogen and oxygen atoms in total. The topological polar surface area (TPSA) is 70.7 Å². The van der Waals surface area contributed by atoms with Crippen LogP contribution in [0.25, 0.3) is 0 Å². The normalized spacial score (nSPS) is 10.4. The molecule has 0 aliphatic carbocycles. The van der Waals surface area contributed by atoms with Gasteiger partial charge in [0.15, 0.2) is 0 Å². The Kier molecular flexibility index (Phi) is 2.60. The van der Waals surface area contributed by atoms with Crippen molar-refractivity contribution in [2.24, 2.45) is 0 Å². The maximum Gasteiger partial charge on any atom is 0.304 e. The number of hydrogen-bond donors (Lipinski definition) is 2. The third-order valence-corrected chi connectivity index (χ3v) is 3.01. The van der Waals surface area contributed by atoms with E-state index in [2.05, 4.69) is 19.7 Å². The second-order valence-electron chi connectivity index (χ2n) is 2.67. The van der Waals surface area contributed by atoms with Crippen molar-refractivity contribution in [3.8, 4) is 0 Å². The summed E-state index contributed by atoms with van der Waals surface area (Å²) in [6, 6.07) is 0. The zero-order valence-electron chi connectivity index (χ0n) is 7.40. The summed E-state index contributed by atoms with van der Waals surface area (Å²) in [6.45, 7) is 2.42. The number of nitrogens with zero attached hydrogens (tertiary/aromatic N) is 2. The molecule has 2 aromatic rings. The summed E-state index contributed by atoms with van der Waals surface area (Å²) in [5.74, 6) is 0.760. The second kappa shape index (κ2) is 3.89. The second-order valence-corrected chi connectivity index (χ2v) is 4.27. The van der Waals surface area contributed by atoms with Gasteiger partial charge in [0.2, 0.25) is 5.13 Å². The lowest BCUT2D eigenvalue weighted by atomic mass is 10.5. The van der Waals surface area contributed by atoms with Gasteiger partial charge in [0.05, 0.1) is 6.54 Å². The Morgan fingerprint density at radius 3 is 3.07 bits per heavy atom. The molecule has 0 atom stereocenters. The van der Waals surface area contributed by atoms with E-state index in [1.165, 1.54) is 11.5 Å². The van der Waals surface area contributed by atoms with E-state index in [1.807, 2.05) is 6.92 Å². The molecule has 0 fully saturated rings. The van der Waals surface area contributed by atoms with Gasteiger partial charge in [-0.3, -0.25) is 4.79 Å². The van der Waals surface area contributed by atoms with E-state index in [0.29, 0.717) is 6.54 Å². The lowest BCUT2D eigenvalue weighted by molar-refractivity contribution is 1.04. The molecule has 0 aliphatic heterocycles. The molecule has 0 unspecified atom stereocenters. The highest BCUT2D eigenvalue weighted by Gasteiger charge is 2.00. The molecule has 0 saturated carbocycles. The predicted molar refractivity (Wildman–Crippen MR) is 56.9 cm³/mol. The number of nitrogens with one attached hydrogen (secondary N) is 2. The van der Waals surface area contributed by atoms with Gasteiger partial charge in [0.1, 0.15) is 5.82 Å². The summed E-state index contributed by atoms with van der Waals surface area (Å²) in [4.78, 5) is 17.6. The van der Waals surface area contributed by atoms with Crippen molar-refractivity contribution >= 4 is 28.0 Å². The first-order valence-electron chi connectivity index (χ1n) is 3.95. The fourth-order valence-corrected chi connectivity index (χ4v) is 2.09. The fourth-order valence-electron chi connectivity index (χ4n) is 0.940. The van der Waals surface area contributed by atoms with Gasteiger partial charge in [-0.1, -0.05) is 11.3 Å². The third-order valence-electron chi connectivity index (χ3n) is 1.53. The number of hydrogen-bond acceptors (Lipinski definition) is 6. The quantitative estimate of drug-likeness (QED) is 0.828. The van der Waals surface area contributed by atoms with Crippen LogP contribution >= 0.6 is 22.9 Å². The highest BCUT2D eigenvalue weighted by atomic mass is 32.1. The molecule has 0 aliphatic rings. The summed E-state index contributed by atoms with van der Waals surface area (Å²) in [6.07, 6.45) is 0. The number of aromatic nitrogens is 3. The SMILES string of the molecule is Cc1nsc(NCc2csc(=O)[nH]2)n1. The fraction of sp³-hybridized carbons (Fsp3) is 0.286. The van der Waals surface area contributed by atoms with Crippen molar-refractivity contribution in [1.82, 2.24) is 14.3 Å². The van der Waals surface area contributed by atoms with Gasteiger partial charge in [-0.15, -0.1) is 0 Å². The van der Waals surface area contributed by atoms with E-state index >= 15 is 0 Å². The van der Waals surface area contributed by atoms with Crippen LogP contribution in [0.3, 0.4) is 0 Å². The monoisotopic (exact) mass is 228 g/mol. The van der Waals surface area contributed by atoms with E-state index in [9.17, 15) is 4.79 Å². The van der Waals surface area contributed by atoms with Crippen LogP contribution in [-0.2, 0) is 6.54 Å². The summed E-state index contributed by atoms with van der Waals surface area (Å²) in [5, 5.41) is 5.64. The van der Waals surface area contributed by atoms with Crippen molar-refractivity contribution in [1.29, 1.82) is 0 Å². The zero-order chi connectivity index (χ0) is 9.97. The largest absolute Gasteiger partial charge is 0.355 e. The van der Waals surface area contributed by atoms with Crippen LogP contribution in [0.1, 0.15) is 11.5 Å². The van der Waals surface area contributed by atoms with Crippen molar-refractivity contribution in [2.45, 2.75) is 13.5 Å². The molecular formula is C7H8N4OS2. The van der Waals surface area contributed by atoms with Gasteiger partial charge in [-0.2, -0.15) is 4.37 Å². The van der Waals surface area contributed by atoms with Crippen molar-refractivity contribution in [3.05, 3.63) is 26.6 Å². The van der Waals surface area contributed by atoms with Gasteiger partial charge in [0.25, 0.3) is 0 Å². The first-order valence-corrected chi connectivity index (χ1v) is 5.60. The predicted octanol–water partition coefficient (Wildman–Crippen LogP) is 1.21. The lowest BCUT2D eigenvalue weighted by Gasteiger charge is -1.97. The summed E-state index contributed by atoms with van der Waals surface area (Å²) in [5.41, 5.74) is 0.868. The molecule has 2 rings (SSSR count). The molecule has 2 N–H and O–H groups in total. The van der Waals surface area contributed by atoms with E-state index in [1.54, 1.807) is 5.38 Å². The summed E-state index contributed by atoms with van der Waals surface area (Å²) in [7, 11) is 0. The van der Waals surface area contributed by atoms with E-state index in [-0.39, 0.29) is 4.87 Å². The molecular weight excluding hydrogens is 220 g/mol. The summed E-state index contributed by atoms with van der Waals surface area (Å²) < 4.78 is 4.03. The standard InChI is InChI=1S/C7H8N4OS2/c1-4-9-6(14-11-4)8-2-5-3-13-7(12)10-5/h3H,2H2,1H3,(H,10,12)(H,8,9,11). The molecule has 0 spiro atoms. The average molecular weight is 228 g/mol. The number of thiazole rings is 1. The van der Waals surface area contributed by atoms with Gasteiger partial charge in [0, 0.05) is 22.6 Å². The maximum atomic E-state index is 10.8. The first kappa shape index (κ1) is 9.35. The lowest BCUT2D eigenvalue weighted by Crippen LogP contribution is -2.02. The minimum atomic E-state index is -0.0322. The van der Waals surface area contributed by atoms with Crippen LogP contribution in [-0.4, -0.2) is 14.3 Å². The molecule has 0 bridgehead atoms. The molecule has 2 aromatic heterocycles. The number of aryl methyl sites for hydroxylation is 1. The Hall–Kier alpha value is -1.21. The van der Waals surface area contributed by atoms with Crippen LogP contribution in [0.4, 0.5) is 5.13 Å². The minimum Gasteiger partial charge on any atom is -0.355 e. The molecule has 14 heavy (non-hydrogen) atoms. The Balaban J connectivity index is 1.98. The van der Waals surface area contributed by atoms with Gasteiger partial charge >= 0.3 is 4.87 Å². The number of H-pyrrole nitrogens is 1. The molecule has 0 aromatic carbocycles. The molecule has 0 saturated heterocycles. The highest BCUT2D eigenvalue weighted by Crippen LogP contribution is 2.11. The smallest absolute Gasteiger partial charge is 0.304 e. The average Bonchev–Trinajstić information content (AvgIpc) is 2.72. The van der Waals surface area contributed by atoms with E-state index < -0.39 is 0 Å². The van der Waals surface area contributed by atoms with Crippen LogP contribution in [0, 0.1) is 6.92 Å². The number of rotatable bonds is 3. The van der Waals surface area contributed by atoms with Crippen LogP contribution in [0.2, 0.25) is 0 Å². The summed E-state index contributed by atoms with van der Waals surface area (Å²) >= 11 is 2.48. The Morgan fingerprint density at radius 2 is 2.50 bits per heavy atom. The van der Waals surface area contributed by atoms with Crippen LogP contribution in [0.15, 0.2) is 10.2 Å². The third kappa shape index (κ3) is 2.18. The van der Waals surface area contributed by atoms with Crippen LogP contribution < -0.4 is 10.2 Å². The Labute approximate surface area is 88.0 Å².